The Morgan fingerprint density at radius 3 is 2.36 bits per heavy atom. The lowest BCUT2D eigenvalue weighted by molar-refractivity contribution is 0.267. The van der Waals surface area contributed by atoms with Crippen molar-refractivity contribution in [2.45, 2.75) is 65.3 Å². The largest absolute Gasteiger partial charge is 0.313 e. The van der Waals surface area contributed by atoms with Gasteiger partial charge in [0.15, 0.2) is 0 Å². The van der Waals surface area contributed by atoms with E-state index in [0.29, 0.717) is 0 Å². The fourth-order valence-corrected chi connectivity index (χ4v) is 2.71. The van der Waals surface area contributed by atoms with Crippen LogP contribution in [0.25, 0.3) is 0 Å². The van der Waals surface area contributed by atoms with Crippen molar-refractivity contribution in [3.8, 4) is 0 Å². The highest BCUT2D eigenvalue weighted by Crippen LogP contribution is 2.31. The maximum Gasteiger partial charge on any atom is 0.0121 e. The van der Waals surface area contributed by atoms with Crippen LogP contribution in [0.3, 0.4) is 0 Å². The molecule has 0 heterocycles. The van der Waals surface area contributed by atoms with E-state index >= 15 is 0 Å². The second kappa shape index (κ2) is 6.44. The smallest absolute Gasteiger partial charge is 0.0121 e. The zero-order chi connectivity index (χ0) is 10.4. The molecule has 1 heteroatoms. The third-order valence-corrected chi connectivity index (χ3v) is 3.79. The second-order valence-electron chi connectivity index (χ2n) is 4.91. The quantitative estimate of drug-likeness (QED) is 0.686. The summed E-state index contributed by atoms with van der Waals surface area (Å²) in [4.78, 5) is 0. The molecular weight excluding hydrogens is 170 g/mol. The number of hydrogen-bond donors (Lipinski definition) is 1. The lowest BCUT2D eigenvalue weighted by atomic mass is 9.86. The van der Waals surface area contributed by atoms with Crippen molar-refractivity contribution in [1.82, 2.24) is 5.32 Å². The first kappa shape index (κ1) is 12.0. The Labute approximate surface area is 89.7 Å². The maximum absolute atomic E-state index is 3.76. The summed E-state index contributed by atoms with van der Waals surface area (Å²) in [6.07, 6.45) is 8.44. The average molecular weight is 197 g/mol. The summed E-state index contributed by atoms with van der Waals surface area (Å²) in [7, 11) is 0. The van der Waals surface area contributed by atoms with Gasteiger partial charge in [-0.3, -0.25) is 0 Å². The van der Waals surface area contributed by atoms with E-state index in [9.17, 15) is 0 Å². The Hall–Kier alpha value is -0.0400. The Kier molecular flexibility index (Phi) is 5.54. The van der Waals surface area contributed by atoms with E-state index in [2.05, 4.69) is 26.1 Å². The van der Waals surface area contributed by atoms with Gasteiger partial charge in [0.05, 0.1) is 0 Å². The standard InChI is InChI=1S/C13H27N/c1-4-10-14-13(11(3)5-2)12-8-6-7-9-12/h11-14H,4-10H2,1-3H3. The first-order chi connectivity index (χ1) is 6.79. The van der Waals surface area contributed by atoms with E-state index in [-0.39, 0.29) is 0 Å². The van der Waals surface area contributed by atoms with E-state index < -0.39 is 0 Å². The van der Waals surface area contributed by atoms with Gasteiger partial charge in [0.1, 0.15) is 0 Å². The van der Waals surface area contributed by atoms with Gasteiger partial charge in [-0.2, -0.15) is 0 Å². The molecule has 1 saturated carbocycles. The molecule has 1 rings (SSSR count). The van der Waals surface area contributed by atoms with E-state index in [4.69, 9.17) is 0 Å². The first-order valence-corrected chi connectivity index (χ1v) is 6.53. The monoisotopic (exact) mass is 197 g/mol. The molecule has 1 aliphatic carbocycles. The predicted molar refractivity (Wildman–Crippen MR) is 63.5 cm³/mol. The molecule has 2 unspecified atom stereocenters. The van der Waals surface area contributed by atoms with Gasteiger partial charge in [-0.05, 0) is 37.6 Å². The van der Waals surface area contributed by atoms with Crippen LogP contribution < -0.4 is 5.32 Å². The number of hydrogen-bond acceptors (Lipinski definition) is 1. The molecule has 0 aromatic rings. The summed E-state index contributed by atoms with van der Waals surface area (Å²) in [5.74, 6) is 1.82. The Morgan fingerprint density at radius 2 is 1.86 bits per heavy atom. The molecule has 0 aliphatic heterocycles. The van der Waals surface area contributed by atoms with Gasteiger partial charge in [0.25, 0.3) is 0 Å². The molecular formula is C13H27N. The molecule has 1 N–H and O–H groups in total. The zero-order valence-corrected chi connectivity index (χ0v) is 10.2. The third kappa shape index (κ3) is 3.27. The Balaban J connectivity index is 2.42. The van der Waals surface area contributed by atoms with Crippen molar-refractivity contribution < 1.29 is 0 Å². The SMILES string of the molecule is CCCNC(C(C)CC)C1CCCC1. The number of rotatable bonds is 6. The second-order valence-corrected chi connectivity index (χ2v) is 4.91. The molecule has 0 amide bonds. The van der Waals surface area contributed by atoms with Gasteiger partial charge in [0.2, 0.25) is 0 Å². The minimum Gasteiger partial charge on any atom is -0.313 e. The van der Waals surface area contributed by atoms with Gasteiger partial charge < -0.3 is 5.32 Å². The van der Waals surface area contributed by atoms with Crippen LogP contribution in [0.15, 0.2) is 0 Å². The Morgan fingerprint density at radius 1 is 1.21 bits per heavy atom. The Bertz CT molecular complexity index is 138. The molecule has 0 aromatic heterocycles. The molecule has 0 aromatic carbocycles. The van der Waals surface area contributed by atoms with E-state index in [1.807, 2.05) is 0 Å². The van der Waals surface area contributed by atoms with Crippen LogP contribution in [0.4, 0.5) is 0 Å². The van der Waals surface area contributed by atoms with Crippen molar-refractivity contribution in [1.29, 1.82) is 0 Å². The predicted octanol–water partition coefficient (Wildman–Crippen LogP) is 3.59. The lowest BCUT2D eigenvalue weighted by Crippen LogP contribution is -2.40. The average Bonchev–Trinajstić information content (AvgIpc) is 2.71. The molecule has 2 atom stereocenters. The molecule has 84 valence electrons. The van der Waals surface area contributed by atoms with Gasteiger partial charge in [-0.25, -0.2) is 0 Å². The molecule has 1 aliphatic rings. The van der Waals surface area contributed by atoms with Crippen molar-refractivity contribution >= 4 is 0 Å². The molecule has 0 spiro atoms. The highest BCUT2D eigenvalue weighted by molar-refractivity contribution is 4.83. The van der Waals surface area contributed by atoms with E-state index in [1.54, 1.807) is 0 Å². The summed E-state index contributed by atoms with van der Waals surface area (Å²) in [6, 6.07) is 0.794. The molecule has 0 bridgehead atoms. The third-order valence-electron chi connectivity index (χ3n) is 3.79. The van der Waals surface area contributed by atoms with Gasteiger partial charge >= 0.3 is 0 Å². The van der Waals surface area contributed by atoms with Crippen LogP contribution in [0.2, 0.25) is 0 Å². The van der Waals surface area contributed by atoms with Crippen LogP contribution in [-0.2, 0) is 0 Å². The maximum atomic E-state index is 3.76. The normalized spacial score (nSPS) is 22.5. The number of nitrogens with one attached hydrogen (secondary N) is 1. The van der Waals surface area contributed by atoms with Crippen LogP contribution in [-0.4, -0.2) is 12.6 Å². The molecule has 14 heavy (non-hydrogen) atoms. The van der Waals surface area contributed by atoms with Crippen molar-refractivity contribution in [2.75, 3.05) is 6.54 Å². The topological polar surface area (TPSA) is 12.0 Å². The minimum absolute atomic E-state index is 0.794. The lowest BCUT2D eigenvalue weighted by Gasteiger charge is -2.30. The first-order valence-electron chi connectivity index (χ1n) is 6.53. The summed E-state index contributed by atoms with van der Waals surface area (Å²) in [6.45, 7) is 8.19. The fraction of sp³-hybridized carbons (Fsp3) is 1.00. The molecule has 1 nitrogen and oxygen atoms in total. The minimum atomic E-state index is 0.794. The summed E-state index contributed by atoms with van der Waals surface area (Å²) >= 11 is 0. The van der Waals surface area contributed by atoms with Crippen molar-refractivity contribution in [2.24, 2.45) is 11.8 Å². The van der Waals surface area contributed by atoms with E-state index in [0.717, 1.165) is 17.9 Å². The van der Waals surface area contributed by atoms with Gasteiger partial charge in [-0.15, -0.1) is 0 Å². The van der Waals surface area contributed by atoms with Crippen LogP contribution >= 0.6 is 0 Å². The van der Waals surface area contributed by atoms with Gasteiger partial charge in [-0.1, -0.05) is 40.0 Å². The fourth-order valence-electron chi connectivity index (χ4n) is 2.71. The van der Waals surface area contributed by atoms with Crippen LogP contribution in [0, 0.1) is 11.8 Å². The summed E-state index contributed by atoms with van der Waals surface area (Å²) < 4.78 is 0. The summed E-state index contributed by atoms with van der Waals surface area (Å²) in [5, 5.41) is 3.76. The van der Waals surface area contributed by atoms with Crippen LogP contribution in [0.1, 0.15) is 59.3 Å². The summed E-state index contributed by atoms with van der Waals surface area (Å²) in [5.41, 5.74) is 0. The van der Waals surface area contributed by atoms with Crippen LogP contribution in [0.5, 0.6) is 0 Å². The van der Waals surface area contributed by atoms with Crippen molar-refractivity contribution in [3.05, 3.63) is 0 Å². The molecule has 0 radical (unpaired) electrons. The molecule has 0 saturated heterocycles. The zero-order valence-electron chi connectivity index (χ0n) is 10.2. The van der Waals surface area contributed by atoms with E-state index in [1.165, 1.54) is 45.1 Å². The van der Waals surface area contributed by atoms with Gasteiger partial charge in [0, 0.05) is 6.04 Å². The highest BCUT2D eigenvalue weighted by atomic mass is 14.9. The van der Waals surface area contributed by atoms with Crippen molar-refractivity contribution in [3.63, 3.8) is 0 Å². The highest BCUT2D eigenvalue weighted by Gasteiger charge is 2.27. The molecule has 1 fully saturated rings.